The summed E-state index contributed by atoms with van der Waals surface area (Å²) in [4.78, 5) is 22.4. The van der Waals surface area contributed by atoms with E-state index in [9.17, 15) is 9.18 Å². The third-order valence-corrected chi connectivity index (χ3v) is 6.36. The third-order valence-electron chi connectivity index (χ3n) is 6.36. The monoisotopic (exact) mass is 526 g/mol. The van der Waals surface area contributed by atoms with Gasteiger partial charge in [-0.25, -0.2) is 19.0 Å². The number of hydrogen-bond donors (Lipinski definition) is 1. The number of rotatable bonds is 7. The van der Waals surface area contributed by atoms with E-state index >= 15 is 0 Å². The average molecular weight is 527 g/mol. The first-order valence-corrected chi connectivity index (χ1v) is 12.5. The van der Waals surface area contributed by atoms with Gasteiger partial charge in [0, 0.05) is 19.2 Å². The van der Waals surface area contributed by atoms with Gasteiger partial charge in [0.2, 0.25) is 5.91 Å². The molecule has 1 aliphatic rings. The van der Waals surface area contributed by atoms with Crippen molar-refractivity contribution < 1.29 is 18.7 Å². The molecule has 3 heterocycles. The summed E-state index contributed by atoms with van der Waals surface area (Å²) in [5, 5.41) is 5.28. The van der Waals surface area contributed by atoms with E-state index in [2.05, 4.69) is 28.4 Å². The molecule has 1 unspecified atom stereocenters. The zero-order valence-electron chi connectivity index (χ0n) is 21.2. The van der Waals surface area contributed by atoms with Crippen molar-refractivity contribution in [2.24, 2.45) is 0 Å². The molecule has 0 saturated carbocycles. The molecule has 2 N–H and O–H groups in total. The third kappa shape index (κ3) is 5.99. The van der Waals surface area contributed by atoms with Crippen molar-refractivity contribution >= 4 is 22.8 Å². The van der Waals surface area contributed by atoms with E-state index in [1.807, 2.05) is 0 Å². The smallest absolute Gasteiger partial charge is 0.246 e. The molecule has 1 amide bonds. The number of anilines is 1. The molecule has 10 heteroatoms. The Balaban J connectivity index is 1.28. The molecule has 198 valence electrons. The largest absolute Gasteiger partial charge is 0.489 e. The molecule has 1 aliphatic heterocycles. The first-order valence-electron chi connectivity index (χ1n) is 12.5. The standard InChI is InChI=1S/C29H27FN6O3/c1-2-26(37)35-13-5-9-22(17-35)36-29-27(28(31)32-19-33-29)25(34-36)12-6-14-38-23-10-4-11-24(16-23)39-18-20-7-3-8-21(30)15-20/h2-4,7-8,10-11,15-16,19,22H,1,5,9,13-14,17-18H2,(H2,31,32,33). The van der Waals surface area contributed by atoms with Crippen LogP contribution < -0.4 is 15.2 Å². The number of nitrogen functional groups attached to an aromatic ring is 1. The zero-order chi connectivity index (χ0) is 27.2. The van der Waals surface area contributed by atoms with Gasteiger partial charge in [-0.15, -0.1) is 0 Å². The number of nitrogens with zero attached hydrogens (tertiary/aromatic N) is 5. The van der Waals surface area contributed by atoms with Gasteiger partial charge < -0.3 is 20.1 Å². The van der Waals surface area contributed by atoms with E-state index in [4.69, 9.17) is 20.3 Å². The maximum absolute atomic E-state index is 13.4. The Morgan fingerprint density at radius 2 is 2.00 bits per heavy atom. The number of hydrogen-bond acceptors (Lipinski definition) is 7. The van der Waals surface area contributed by atoms with Gasteiger partial charge in [0.05, 0.1) is 11.4 Å². The number of aromatic nitrogens is 4. The molecule has 1 saturated heterocycles. The van der Waals surface area contributed by atoms with Crippen molar-refractivity contribution in [3.63, 3.8) is 0 Å². The first-order chi connectivity index (χ1) is 19.0. The van der Waals surface area contributed by atoms with Crippen molar-refractivity contribution in [2.75, 3.05) is 25.4 Å². The number of amides is 1. The summed E-state index contributed by atoms with van der Waals surface area (Å²) in [6.07, 6.45) is 4.41. The molecule has 0 spiro atoms. The Morgan fingerprint density at radius 1 is 1.18 bits per heavy atom. The number of fused-ring (bicyclic) bond motifs is 1. The predicted molar refractivity (Wildman–Crippen MR) is 144 cm³/mol. The maximum Gasteiger partial charge on any atom is 0.246 e. The molecule has 1 fully saturated rings. The van der Waals surface area contributed by atoms with Gasteiger partial charge >= 0.3 is 0 Å². The van der Waals surface area contributed by atoms with Gasteiger partial charge in [-0.05, 0) is 54.7 Å². The Kier molecular flexibility index (Phi) is 7.68. The molecular weight excluding hydrogens is 499 g/mol. The molecule has 4 aromatic rings. The normalized spacial score (nSPS) is 14.9. The van der Waals surface area contributed by atoms with Crippen molar-refractivity contribution in [1.29, 1.82) is 0 Å². The summed E-state index contributed by atoms with van der Waals surface area (Å²) >= 11 is 0. The Hall–Kier alpha value is -4.91. The van der Waals surface area contributed by atoms with E-state index < -0.39 is 0 Å². The summed E-state index contributed by atoms with van der Waals surface area (Å²) in [5.41, 5.74) is 7.93. The number of piperidine rings is 1. The van der Waals surface area contributed by atoms with Crippen LogP contribution in [0.2, 0.25) is 0 Å². The Bertz CT molecular complexity index is 1570. The SMILES string of the molecule is C=CC(=O)N1CCCC(n2nc(C#CCOc3cccc(OCc4cccc(F)c4)c3)c3c(N)ncnc32)C1. The van der Waals surface area contributed by atoms with Crippen LogP contribution in [0.25, 0.3) is 11.0 Å². The molecule has 2 aromatic heterocycles. The fraction of sp³-hybridized carbons (Fsp3) is 0.241. The number of halogens is 1. The van der Waals surface area contributed by atoms with Gasteiger partial charge in [-0.2, -0.15) is 5.10 Å². The summed E-state index contributed by atoms with van der Waals surface area (Å²) in [6, 6.07) is 13.4. The molecular formula is C29H27FN6O3. The van der Waals surface area contributed by atoms with Crippen molar-refractivity contribution in [1.82, 2.24) is 24.6 Å². The van der Waals surface area contributed by atoms with Crippen LogP contribution >= 0.6 is 0 Å². The number of likely N-dealkylation sites (tertiary alicyclic amines) is 1. The number of carbonyl (C=O) groups excluding carboxylic acids is 1. The minimum absolute atomic E-state index is 0.0682. The molecule has 1 atom stereocenters. The summed E-state index contributed by atoms with van der Waals surface area (Å²) in [6.45, 7) is 5.10. The highest BCUT2D eigenvalue weighted by molar-refractivity contribution is 5.90. The van der Waals surface area contributed by atoms with Crippen LogP contribution in [0.4, 0.5) is 10.2 Å². The second-order valence-electron chi connectivity index (χ2n) is 9.02. The number of benzene rings is 2. The molecule has 5 rings (SSSR count). The van der Waals surface area contributed by atoms with E-state index in [1.165, 1.54) is 24.5 Å². The quantitative estimate of drug-likeness (QED) is 0.287. The van der Waals surface area contributed by atoms with Gasteiger partial charge in [-0.3, -0.25) is 4.79 Å². The molecule has 0 radical (unpaired) electrons. The summed E-state index contributed by atoms with van der Waals surface area (Å²) < 4.78 is 26.7. The van der Waals surface area contributed by atoms with Crippen LogP contribution in [-0.2, 0) is 11.4 Å². The number of ether oxygens (including phenoxy) is 2. The second-order valence-corrected chi connectivity index (χ2v) is 9.02. The van der Waals surface area contributed by atoms with Crippen molar-refractivity contribution in [3.8, 4) is 23.3 Å². The van der Waals surface area contributed by atoms with Crippen LogP contribution in [0.3, 0.4) is 0 Å². The lowest BCUT2D eigenvalue weighted by Gasteiger charge is -2.32. The van der Waals surface area contributed by atoms with Crippen LogP contribution in [0.1, 0.15) is 30.1 Å². The van der Waals surface area contributed by atoms with Gasteiger partial charge in [0.25, 0.3) is 0 Å². The molecule has 0 bridgehead atoms. The topological polar surface area (TPSA) is 108 Å². The van der Waals surface area contributed by atoms with Crippen LogP contribution in [-0.4, -0.2) is 50.3 Å². The Labute approximate surface area is 225 Å². The van der Waals surface area contributed by atoms with E-state index in [0.717, 1.165) is 18.4 Å². The number of carbonyl (C=O) groups is 1. The highest BCUT2D eigenvalue weighted by Crippen LogP contribution is 2.28. The minimum atomic E-state index is -0.304. The van der Waals surface area contributed by atoms with Crippen molar-refractivity contribution in [3.05, 3.63) is 84.6 Å². The highest BCUT2D eigenvalue weighted by Gasteiger charge is 2.27. The Morgan fingerprint density at radius 3 is 2.82 bits per heavy atom. The van der Waals surface area contributed by atoms with Crippen LogP contribution in [0, 0.1) is 17.7 Å². The maximum atomic E-state index is 13.4. The van der Waals surface area contributed by atoms with E-state index in [-0.39, 0.29) is 36.8 Å². The number of nitrogens with two attached hydrogens (primary N) is 1. The summed E-state index contributed by atoms with van der Waals surface area (Å²) in [5.74, 6) is 7.07. The second kappa shape index (κ2) is 11.6. The molecule has 9 nitrogen and oxygen atoms in total. The molecule has 2 aromatic carbocycles. The summed E-state index contributed by atoms with van der Waals surface area (Å²) in [7, 11) is 0. The van der Waals surface area contributed by atoms with E-state index in [1.54, 1.807) is 46.0 Å². The molecule has 0 aliphatic carbocycles. The van der Waals surface area contributed by atoms with Gasteiger partial charge in [0.1, 0.15) is 48.4 Å². The minimum Gasteiger partial charge on any atom is -0.489 e. The lowest BCUT2D eigenvalue weighted by Crippen LogP contribution is -2.40. The van der Waals surface area contributed by atoms with Gasteiger partial charge in [-0.1, -0.05) is 30.7 Å². The van der Waals surface area contributed by atoms with Gasteiger partial charge in [0.15, 0.2) is 5.65 Å². The first kappa shape index (κ1) is 25.7. The average Bonchev–Trinajstić information content (AvgIpc) is 3.34. The van der Waals surface area contributed by atoms with Crippen molar-refractivity contribution in [2.45, 2.75) is 25.5 Å². The lowest BCUT2D eigenvalue weighted by atomic mass is 10.1. The van der Waals surface area contributed by atoms with Crippen LogP contribution in [0.5, 0.6) is 11.5 Å². The van der Waals surface area contributed by atoms with Crippen LogP contribution in [0.15, 0.2) is 67.5 Å². The molecule has 39 heavy (non-hydrogen) atoms. The van der Waals surface area contributed by atoms with E-state index in [0.29, 0.717) is 41.3 Å². The zero-order valence-corrected chi connectivity index (χ0v) is 21.2. The fourth-order valence-electron chi connectivity index (χ4n) is 4.51. The highest BCUT2D eigenvalue weighted by atomic mass is 19.1. The predicted octanol–water partition coefficient (Wildman–Crippen LogP) is 3.91. The lowest BCUT2D eigenvalue weighted by molar-refractivity contribution is -0.127. The fourth-order valence-corrected chi connectivity index (χ4v) is 4.51.